The van der Waals surface area contributed by atoms with Crippen molar-refractivity contribution in [3.05, 3.63) is 10.4 Å². The van der Waals surface area contributed by atoms with Gasteiger partial charge >= 0.3 is 5.97 Å². The first-order valence-corrected chi connectivity index (χ1v) is 4.79. The molecule has 0 bridgehead atoms. The number of ketones is 1. The van der Waals surface area contributed by atoms with Crippen LogP contribution in [0.5, 0.6) is 0 Å². The van der Waals surface area contributed by atoms with Crippen molar-refractivity contribution >= 4 is 11.8 Å². The van der Waals surface area contributed by atoms with Crippen molar-refractivity contribution in [3.63, 3.8) is 0 Å². The average Bonchev–Trinajstić information content (AvgIpc) is 2.23. The minimum atomic E-state index is -1.05. The third kappa shape index (κ3) is 4.29. The lowest BCUT2D eigenvalue weighted by Gasteiger charge is -2.20. The standard InChI is InChI=1S/C9H15N3O4/c1-4-16-9(14)8(6(2)13)7(15-3)5-11-12-10/h7-8H,4-5H2,1-3H3. The largest absolute Gasteiger partial charge is 0.465 e. The van der Waals surface area contributed by atoms with Crippen molar-refractivity contribution in [1.29, 1.82) is 0 Å². The van der Waals surface area contributed by atoms with Gasteiger partial charge < -0.3 is 9.47 Å². The number of rotatable bonds is 7. The average molecular weight is 229 g/mol. The van der Waals surface area contributed by atoms with Crippen molar-refractivity contribution in [2.75, 3.05) is 20.3 Å². The minimum Gasteiger partial charge on any atom is -0.465 e. The predicted molar refractivity (Wildman–Crippen MR) is 55.6 cm³/mol. The Labute approximate surface area is 93.3 Å². The molecule has 0 aromatic heterocycles. The predicted octanol–water partition coefficient (Wildman–Crippen LogP) is 1.08. The Morgan fingerprint density at radius 2 is 2.12 bits per heavy atom. The first-order chi connectivity index (χ1) is 7.58. The van der Waals surface area contributed by atoms with Crippen molar-refractivity contribution in [2.45, 2.75) is 20.0 Å². The summed E-state index contributed by atoms with van der Waals surface area (Å²) in [4.78, 5) is 25.4. The van der Waals surface area contributed by atoms with Gasteiger partial charge in [-0.05, 0) is 19.4 Å². The number of Topliss-reactive ketones (excluding diaryl/α,β-unsaturated/α-hetero) is 1. The van der Waals surface area contributed by atoms with Gasteiger partial charge in [0, 0.05) is 12.0 Å². The summed E-state index contributed by atoms with van der Waals surface area (Å²) in [6, 6.07) is 0. The van der Waals surface area contributed by atoms with E-state index in [0.29, 0.717) is 0 Å². The Kier molecular flexibility index (Phi) is 6.91. The maximum atomic E-state index is 11.5. The lowest BCUT2D eigenvalue weighted by Crippen LogP contribution is -2.38. The van der Waals surface area contributed by atoms with Crippen LogP contribution in [-0.2, 0) is 19.1 Å². The SMILES string of the molecule is CCOC(=O)C(C(C)=O)C(CN=[N+]=[N-])OC. The monoisotopic (exact) mass is 229 g/mol. The maximum absolute atomic E-state index is 11.5. The molecule has 90 valence electrons. The summed E-state index contributed by atoms with van der Waals surface area (Å²) in [5.74, 6) is -2.08. The number of nitrogens with zero attached hydrogens (tertiary/aromatic N) is 3. The Morgan fingerprint density at radius 1 is 1.50 bits per heavy atom. The van der Waals surface area contributed by atoms with E-state index in [1.807, 2.05) is 0 Å². The highest BCUT2D eigenvalue weighted by atomic mass is 16.5. The summed E-state index contributed by atoms with van der Waals surface area (Å²) < 4.78 is 9.71. The van der Waals surface area contributed by atoms with E-state index in [1.54, 1.807) is 6.92 Å². The van der Waals surface area contributed by atoms with E-state index >= 15 is 0 Å². The molecule has 0 rings (SSSR count). The second-order valence-corrected chi connectivity index (χ2v) is 3.03. The Bertz CT molecular complexity index is 299. The van der Waals surface area contributed by atoms with Crippen LogP contribution >= 0.6 is 0 Å². The molecule has 0 aliphatic heterocycles. The van der Waals surface area contributed by atoms with Crippen LogP contribution in [0.1, 0.15) is 13.8 Å². The van der Waals surface area contributed by atoms with Gasteiger partial charge in [0.25, 0.3) is 0 Å². The van der Waals surface area contributed by atoms with Gasteiger partial charge in [0.2, 0.25) is 0 Å². The van der Waals surface area contributed by atoms with Gasteiger partial charge in [-0.2, -0.15) is 0 Å². The number of hydrogen-bond donors (Lipinski definition) is 0. The number of carbonyl (C=O) groups is 2. The number of carbonyl (C=O) groups excluding carboxylic acids is 2. The molecule has 0 saturated heterocycles. The molecule has 16 heavy (non-hydrogen) atoms. The third-order valence-electron chi connectivity index (χ3n) is 1.98. The Morgan fingerprint density at radius 3 is 2.50 bits per heavy atom. The van der Waals surface area contributed by atoms with Gasteiger partial charge in [-0.3, -0.25) is 9.59 Å². The summed E-state index contributed by atoms with van der Waals surface area (Å²) in [5, 5.41) is 3.28. The number of ether oxygens (including phenoxy) is 2. The molecule has 0 amide bonds. The topological polar surface area (TPSA) is 101 Å². The van der Waals surface area contributed by atoms with Crippen molar-refractivity contribution in [3.8, 4) is 0 Å². The summed E-state index contributed by atoms with van der Waals surface area (Å²) in [5.41, 5.74) is 8.17. The van der Waals surface area contributed by atoms with Crippen LogP contribution in [0, 0.1) is 5.92 Å². The first-order valence-electron chi connectivity index (χ1n) is 4.79. The molecule has 0 N–H and O–H groups in total. The van der Waals surface area contributed by atoms with Gasteiger partial charge in [-0.25, -0.2) is 0 Å². The number of azide groups is 1. The van der Waals surface area contributed by atoms with E-state index in [0.717, 1.165) is 0 Å². The molecular formula is C9H15N3O4. The lowest BCUT2D eigenvalue weighted by atomic mass is 9.98. The fraction of sp³-hybridized carbons (Fsp3) is 0.778. The summed E-state index contributed by atoms with van der Waals surface area (Å²) in [7, 11) is 1.34. The number of methoxy groups -OCH3 is 1. The summed E-state index contributed by atoms with van der Waals surface area (Å²) in [6.07, 6.45) is -0.785. The van der Waals surface area contributed by atoms with E-state index in [4.69, 9.17) is 15.0 Å². The highest BCUT2D eigenvalue weighted by Gasteiger charge is 2.33. The zero-order chi connectivity index (χ0) is 12.6. The van der Waals surface area contributed by atoms with E-state index in [1.165, 1.54) is 14.0 Å². The molecule has 0 radical (unpaired) electrons. The molecule has 2 atom stereocenters. The molecular weight excluding hydrogens is 214 g/mol. The van der Waals surface area contributed by atoms with Crippen LogP contribution in [0.2, 0.25) is 0 Å². The maximum Gasteiger partial charge on any atom is 0.319 e. The van der Waals surface area contributed by atoms with Crippen LogP contribution in [0.3, 0.4) is 0 Å². The molecule has 0 aromatic carbocycles. The highest BCUT2D eigenvalue weighted by molar-refractivity contribution is 5.98. The Hall–Kier alpha value is -1.59. The summed E-state index contributed by atoms with van der Waals surface area (Å²) in [6.45, 7) is 3.00. The van der Waals surface area contributed by atoms with Crippen LogP contribution in [0.4, 0.5) is 0 Å². The molecule has 0 aliphatic rings. The van der Waals surface area contributed by atoms with E-state index in [2.05, 4.69) is 10.0 Å². The normalized spacial score (nSPS) is 13.4. The third-order valence-corrected chi connectivity index (χ3v) is 1.98. The Balaban J connectivity index is 4.77. The van der Waals surface area contributed by atoms with Gasteiger partial charge in [-0.15, -0.1) is 0 Å². The molecule has 7 heteroatoms. The molecule has 0 saturated carbocycles. The highest BCUT2D eigenvalue weighted by Crippen LogP contribution is 2.12. The number of hydrogen-bond acceptors (Lipinski definition) is 5. The molecule has 0 aliphatic carbocycles. The molecule has 0 aromatic rings. The minimum absolute atomic E-state index is 0.0872. The van der Waals surface area contributed by atoms with Gasteiger partial charge in [-0.1, -0.05) is 5.11 Å². The molecule has 2 unspecified atom stereocenters. The van der Waals surface area contributed by atoms with Crippen molar-refractivity contribution in [2.24, 2.45) is 11.0 Å². The first kappa shape index (κ1) is 14.4. The van der Waals surface area contributed by atoms with Crippen molar-refractivity contribution in [1.82, 2.24) is 0 Å². The van der Waals surface area contributed by atoms with Crippen LogP contribution < -0.4 is 0 Å². The molecule has 0 spiro atoms. The van der Waals surface area contributed by atoms with Crippen LogP contribution in [0.15, 0.2) is 5.11 Å². The summed E-state index contributed by atoms with van der Waals surface area (Å²) >= 11 is 0. The van der Waals surface area contributed by atoms with Crippen LogP contribution in [-0.4, -0.2) is 38.1 Å². The molecule has 0 heterocycles. The van der Waals surface area contributed by atoms with Crippen LogP contribution in [0.25, 0.3) is 10.4 Å². The second kappa shape index (κ2) is 7.67. The van der Waals surface area contributed by atoms with Gasteiger partial charge in [0.05, 0.1) is 19.3 Å². The fourth-order valence-electron chi connectivity index (χ4n) is 1.24. The zero-order valence-corrected chi connectivity index (χ0v) is 9.54. The molecule has 7 nitrogen and oxygen atoms in total. The van der Waals surface area contributed by atoms with Gasteiger partial charge in [0.1, 0.15) is 11.7 Å². The second-order valence-electron chi connectivity index (χ2n) is 3.03. The smallest absolute Gasteiger partial charge is 0.319 e. The van der Waals surface area contributed by atoms with Crippen molar-refractivity contribution < 1.29 is 19.1 Å². The van der Waals surface area contributed by atoms with E-state index < -0.39 is 18.0 Å². The van der Waals surface area contributed by atoms with E-state index in [9.17, 15) is 9.59 Å². The lowest BCUT2D eigenvalue weighted by molar-refractivity contribution is -0.156. The quantitative estimate of drug-likeness (QED) is 0.214. The fourth-order valence-corrected chi connectivity index (χ4v) is 1.24. The molecule has 0 fully saturated rings. The van der Waals surface area contributed by atoms with E-state index in [-0.39, 0.29) is 18.9 Å². The number of esters is 1. The van der Waals surface area contributed by atoms with Gasteiger partial charge in [0.15, 0.2) is 0 Å². The zero-order valence-electron chi connectivity index (χ0n) is 9.54.